The van der Waals surface area contributed by atoms with Crippen LogP contribution in [-0.2, 0) is 0 Å². The van der Waals surface area contributed by atoms with E-state index in [0.717, 1.165) is 22.2 Å². The Kier molecular flexibility index (Phi) is 6.36. The van der Waals surface area contributed by atoms with E-state index in [-0.39, 0.29) is 0 Å². The highest BCUT2D eigenvalue weighted by atomic mass is 79.9. The zero-order valence-corrected chi connectivity index (χ0v) is 13.0. The summed E-state index contributed by atoms with van der Waals surface area (Å²) in [5.74, 6) is 1.04. The number of nitrogens with zero attached hydrogens (tertiary/aromatic N) is 2. The number of rotatable bonds is 6. The van der Waals surface area contributed by atoms with Gasteiger partial charge < -0.3 is 4.90 Å². The maximum Gasteiger partial charge on any atom is 0.142 e. The van der Waals surface area contributed by atoms with Crippen molar-refractivity contribution >= 4 is 37.7 Å². The van der Waals surface area contributed by atoms with Gasteiger partial charge in [-0.2, -0.15) is 0 Å². The van der Waals surface area contributed by atoms with Crippen LogP contribution in [0.15, 0.2) is 16.7 Å². The summed E-state index contributed by atoms with van der Waals surface area (Å²) < 4.78 is 1.11. The molecule has 1 rings (SSSR count). The lowest BCUT2D eigenvalue weighted by Crippen LogP contribution is -2.20. The third-order valence-electron chi connectivity index (χ3n) is 2.55. The van der Waals surface area contributed by atoms with E-state index in [1.54, 1.807) is 0 Å². The molecule has 90 valence electrons. The standard InChI is InChI=1S/C12H18Br2N2/c1-10-6-8-15-12(11(10)14)16(2)9-5-3-4-7-13/h6,8H,3-5,7,9H2,1-2H3. The first-order valence-corrected chi connectivity index (χ1v) is 7.46. The van der Waals surface area contributed by atoms with Gasteiger partial charge in [0.25, 0.3) is 0 Å². The van der Waals surface area contributed by atoms with Crippen LogP contribution in [0.1, 0.15) is 24.8 Å². The fourth-order valence-electron chi connectivity index (χ4n) is 1.52. The highest BCUT2D eigenvalue weighted by Crippen LogP contribution is 2.26. The molecule has 0 bridgehead atoms. The number of aryl methyl sites for hydroxylation is 1. The van der Waals surface area contributed by atoms with Gasteiger partial charge >= 0.3 is 0 Å². The third-order valence-corrected chi connectivity index (χ3v) is 4.09. The Balaban J connectivity index is 2.52. The minimum Gasteiger partial charge on any atom is -0.359 e. The molecule has 0 unspecified atom stereocenters. The number of aromatic nitrogens is 1. The molecule has 0 saturated carbocycles. The summed E-state index contributed by atoms with van der Waals surface area (Å²) in [6.07, 6.45) is 5.59. The Morgan fingerprint density at radius 3 is 2.75 bits per heavy atom. The fraction of sp³-hybridized carbons (Fsp3) is 0.583. The normalized spacial score (nSPS) is 10.5. The van der Waals surface area contributed by atoms with E-state index >= 15 is 0 Å². The first-order valence-electron chi connectivity index (χ1n) is 5.55. The summed E-state index contributed by atoms with van der Waals surface area (Å²) in [6.45, 7) is 3.15. The van der Waals surface area contributed by atoms with E-state index < -0.39 is 0 Å². The van der Waals surface area contributed by atoms with Gasteiger partial charge in [-0.25, -0.2) is 4.98 Å². The Hall–Kier alpha value is -0.0900. The van der Waals surface area contributed by atoms with Gasteiger partial charge in [0.05, 0.1) is 4.47 Å². The SMILES string of the molecule is Cc1ccnc(N(C)CCCCCBr)c1Br. The number of hydrogen-bond donors (Lipinski definition) is 0. The molecule has 0 fully saturated rings. The van der Waals surface area contributed by atoms with Crippen molar-refractivity contribution < 1.29 is 0 Å². The summed E-state index contributed by atoms with van der Waals surface area (Å²) in [4.78, 5) is 6.62. The van der Waals surface area contributed by atoms with Gasteiger partial charge in [0.1, 0.15) is 5.82 Å². The molecule has 2 nitrogen and oxygen atoms in total. The lowest BCUT2D eigenvalue weighted by molar-refractivity contribution is 0.706. The molecular formula is C12H18Br2N2. The van der Waals surface area contributed by atoms with Gasteiger partial charge in [0, 0.05) is 25.1 Å². The monoisotopic (exact) mass is 348 g/mol. The van der Waals surface area contributed by atoms with Gasteiger partial charge in [-0.15, -0.1) is 0 Å². The van der Waals surface area contributed by atoms with E-state index in [2.05, 4.69) is 55.7 Å². The maximum absolute atomic E-state index is 4.41. The fourth-order valence-corrected chi connectivity index (χ4v) is 2.45. The van der Waals surface area contributed by atoms with Crippen LogP contribution in [0, 0.1) is 6.92 Å². The van der Waals surface area contributed by atoms with Crippen LogP contribution in [0.2, 0.25) is 0 Å². The molecule has 0 aliphatic rings. The highest BCUT2D eigenvalue weighted by molar-refractivity contribution is 9.10. The number of pyridine rings is 1. The molecule has 0 atom stereocenters. The van der Waals surface area contributed by atoms with E-state index in [9.17, 15) is 0 Å². The van der Waals surface area contributed by atoms with Crippen molar-refractivity contribution in [3.05, 3.63) is 22.3 Å². The minimum absolute atomic E-state index is 1.04. The van der Waals surface area contributed by atoms with Crippen LogP contribution in [0.5, 0.6) is 0 Å². The van der Waals surface area contributed by atoms with Crippen LogP contribution in [-0.4, -0.2) is 23.9 Å². The molecular weight excluding hydrogens is 332 g/mol. The number of hydrogen-bond acceptors (Lipinski definition) is 2. The van der Waals surface area contributed by atoms with Gasteiger partial charge in [-0.1, -0.05) is 22.4 Å². The second-order valence-corrected chi connectivity index (χ2v) is 5.52. The number of anilines is 1. The maximum atomic E-state index is 4.41. The first-order chi connectivity index (χ1) is 7.66. The summed E-state index contributed by atoms with van der Waals surface area (Å²) in [7, 11) is 2.10. The molecule has 4 heteroatoms. The quantitative estimate of drug-likeness (QED) is 0.566. The van der Waals surface area contributed by atoms with Gasteiger partial charge in [-0.3, -0.25) is 0 Å². The van der Waals surface area contributed by atoms with Gasteiger partial charge in [-0.05, 0) is 47.3 Å². The first kappa shape index (κ1) is 14.0. The predicted octanol–water partition coefficient (Wildman–Crippen LogP) is 4.15. The molecule has 0 N–H and O–H groups in total. The zero-order chi connectivity index (χ0) is 12.0. The van der Waals surface area contributed by atoms with Crippen LogP contribution in [0.3, 0.4) is 0 Å². The van der Waals surface area contributed by atoms with Gasteiger partial charge in [0.2, 0.25) is 0 Å². The summed E-state index contributed by atoms with van der Waals surface area (Å²) >= 11 is 7.04. The predicted molar refractivity (Wildman–Crippen MR) is 77.6 cm³/mol. The second kappa shape index (κ2) is 7.28. The average Bonchev–Trinajstić information content (AvgIpc) is 2.28. The van der Waals surface area contributed by atoms with Gasteiger partial charge in [0.15, 0.2) is 0 Å². The Morgan fingerprint density at radius 1 is 1.31 bits per heavy atom. The molecule has 0 spiro atoms. The topological polar surface area (TPSA) is 16.1 Å². The molecule has 1 aromatic heterocycles. The Morgan fingerprint density at radius 2 is 2.06 bits per heavy atom. The molecule has 0 aliphatic heterocycles. The van der Waals surface area contributed by atoms with Crippen molar-refractivity contribution in [3.8, 4) is 0 Å². The van der Waals surface area contributed by atoms with Crippen LogP contribution >= 0.6 is 31.9 Å². The van der Waals surface area contributed by atoms with Crippen molar-refractivity contribution in [2.24, 2.45) is 0 Å². The van der Waals surface area contributed by atoms with Crippen LogP contribution < -0.4 is 4.90 Å². The highest BCUT2D eigenvalue weighted by Gasteiger charge is 2.08. The van der Waals surface area contributed by atoms with Crippen molar-refractivity contribution in [2.45, 2.75) is 26.2 Å². The summed E-state index contributed by atoms with van der Waals surface area (Å²) in [5.41, 5.74) is 1.23. The third kappa shape index (κ3) is 4.06. The molecule has 1 aromatic rings. The average molecular weight is 350 g/mol. The molecule has 1 heterocycles. The molecule has 16 heavy (non-hydrogen) atoms. The Bertz CT molecular complexity index is 329. The lowest BCUT2D eigenvalue weighted by atomic mass is 10.2. The largest absolute Gasteiger partial charge is 0.359 e. The molecule has 0 radical (unpaired) electrons. The van der Waals surface area contributed by atoms with Crippen LogP contribution in [0.4, 0.5) is 5.82 Å². The smallest absolute Gasteiger partial charge is 0.142 e. The molecule has 0 amide bonds. The molecule has 0 saturated heterocycles. The number of halogens is 2. The van der Waals surface area contributed by atoms with E-state index in [0.29, 0.717) is 0 Å². The van der Waals surface area contributed by atoms with Crippen molar-refractivity contribution in [3.63, 3.8) is 0 Å². The summed E-state index contributed by atoms with van der Waals surface area (Å²) in [5, 5.41) is 1.10. The van der Waals surface area contributed by atoms with Crippen molar-refractivity contribution in [2.75, 3.05) is 23.8 Å². The summed E-state index contributed by atoms with van der Waals surface area (Å²) in [6, 6.07) is 2.02. The van der Waals surface area contributed by atoms with E-state index in [1.807, 2.05) is 12.3 Å². The van der Waals surface area contributed by atoms with Crippen molar-refractivity contribution in [1.29, 1.82) is 0 Å². The lowest BCUT2D eigenvalue weighted by Gasteiger charge is -2.20. The molecule has 0 aromatic carbocycles. The zero-order valence-electron chi connectivity index (χ0n) is 9.84. The minimum atomic E-state index is 1.04. The Labute approximate surface area is 115 Å². The van der Waals surface area contributed by atoms with Crippen molar-refractivity contribution in [1.82, 2.24) is 4.98 Å². The number of unbranched alkanes of at least 4 members (excludes halogenated alkanes) is 2. The number of alkyl halides is 1. The van der Waals surface area contributed by atoms with E-state index in [4.69, 9.17) is 0 Å². The van der Waals surface area contributed by atoms with E-state index in [1.165, 1.54) is 24.8 Å². The molecule has 0 aliphatic carbocycles. The second-order valence-electron chi connectivity index (χ2n) is 3.94. The van der Waals surface area contributed by atoms with Crippen LogP contribution in [0.25, 0.3) is 0 Å².